The van der Waals surface area contributed by atoms with Gasteiger partial charge in [0.1, 0.15) is 0 Å². The molecule has 0 radical (unpaired) electrons. The molecule has 0 bridgehead atoms. The molecule has 6 heteroatoms. The Morgan fingerprint density at radius 1 is 1.40 bits per heavy atom. The summed E-state index contributed by atoms with van der Waals surface area (Å²) in [6.45, 7) is 2.57. The molecule has 110 valence electrons. The van der Waals surface area contributed by atoms with Crippen LogP contribution in [0, 0.1) is 5.92 Å². The van der Waals surface area contributed by atoms with E-state index in [1.807, 2.05) is 6.92 Å². The highest BCUT2D eigenvalue weighted by Crippen LogP contribution is 2.31. The molecule has 1 fully saturated rings. The van der Waals surface area contributed by atoms with Crippen molar-refractivity contribution in [1.29, 1.82) is 0 Å². The van der Waals surface area contributed by atoms with Gasteiger partial charge in [0.25, 0.3) is 0 Å². The van der Waals surface area contributed by atoms with E-state index >= 15 is 0 Å². The van der Waals surface area contributed by atoms with Crippen molar-refractivity contribution in [3.8, 4) is 0 Å². The van der Waals surface area contributed by atoms with Crippen molar-refractivity contribution in [1.82, 2.24) is 10.6 Å². The van der Waals surface area contributed by atoms with Gasteiger partial charge >= 0.3 is 6.18 Å². The van der Waals surface area contributed by atoms with Crippen LogP contribution < -0.4 is 10.6 Å². The molecule has 1 aromatic carbocycles. The van der Waals surface area contributed by atoms with Gasteiger partial charge in [-0.1, -0.05) is 18.2 Å². The van der Waals surface area contributed by atoms with E-state index in [0.717, 1.165) is 12.6 Å². The third-order valence-corrected chi connectivity index (χ3v) is 3.64. The van der Waals surface area contributed by atoms with E-state index in [9.17, 15) is 18.0 Å². The minimum Gasteiger partial charge on any atom is -0.352 e. The largest absolute Gasteiger partial charge is 0.416 e. The molecule has 0 aliphatic carbocycles. The first-order valence-corrected chi connectivity index (χ1v) is 6.56. The number of carbonyl (C=O) groups excluding carboxylic acids is 1. The Hall–Kier alpha value is -1.56. The fraction of sp³-hybridized carbons (Fsp3) is 0.500. The quantitative estimate of drug-likeness (QED) is 0.895. The summed E-state index contributed by atoms with van der Waals surface area (Å²) in [5.41, 5.74) is -0.607. The molecule has 1 amide bonds. The topological polar surface area (TPSA) is 41.1 Å². The Balaban J connectivity index is 2.03. The maximum absolute atomic E-state index is 12.8. The normalized spacial score (nSPS) is 22.8. The van der Waals surface area contributed by atoms with E-state index in [1.54, 1.807) is 0 Å². The molecule has 1 saturated heterocycles. The zero-order valence-electron chi connectivity index (χ0n) is 11.1. The van der Waals surface area contributed by atoms with Crippen LogP contribution in [0.2, 0.25) is 0 Å². The maximum atomic E-state index is 12.8. The van der Waals surface area contributed by atoms with Gasteiger partial charge in [-0.3, -0.25) is 4.79 Å². The lowest BCUT2D eigenvalue weighted by atomic mass is 10.0. The third-order valence-electron chi connectivity index (χ3n) is 3.64. The second-order valence-corrected chi connectivity index (χ2v) is 5.01. The molecule has 1 heterocycles. The lowest BCUT2D eigenvalue weighted by Gasteiger charge is -2.17. The average Bonchev–Trinajstić information content (AvgIpc) is 2.81. The van der Waals surface area contributed by atoms with Crippen LogP contribution in [0.25, 0.3) is 0 Å². The van der Waals surface area contributed by atoms with Gasteiger partial charge in [0.2, 0.25) is 5.91 Å². The summed E-state index contributed by atoms with van der Waals surface area (Å²) in [7, 11) is 0. The molecule has 0 aromatic heterocycles. The zero-order valence-corrected chi connectivity index (χ0v) is 11.1. The van der Waals surface area contributed by atoms with E-state index < -0.39 is 11.7 Å². The van der Waals surface area contributed by atoms with Crippen molar-refractivity contribution in [2.24, 2.45) is 5.92 Å². The first-order chi connectivity index (χ1) is 9.39. The number of rotatable bonds is 3. The van der Waals surface area contributed by atoms with Crippen molar-refractivity contribution in [2.45, 2.75) is 32.1 Å². The molecule has 2 unspecified atom stereocenters. The van der Waals surface area contributed by atoms with Gasteiger partial charge in [-0.05, 0) is 31.5 Å². The number of amides is 1. The van der Waals surface area contributed by atoms with E-state index in [-0.39, 0.29) is 30.0 Å². The van der Waals surface area contributed by atoms with Gasteiger partial charge in [0, 0.05) is 12.6 Å². The van der Waals surface area contributed by atoms with Crippen LogP contribution >= 0.6 is 0 Å². The molecule has 2 rings (SSSR count). The number of nitrogens with one attached hydrogen (secondary N) is 2. The second kappa shape index (κ2) is 5.83. The smallest absolute Gasteiger partial charge is 0.352 e. The molecule has 1 aliphatic heterocycles. The molecule has 1 aromatic rings. The van der Waals surface area contributed by atoms with Crippen molar-refractivity contribution < 1.29 is 18.0 Å². The fourth-order valence-corrected chi connectivity index (χ4v) is 2.48. The number of alkyl halides is 3. The molecule has 20 heavy (non-hydrogen) atoms. The lowest BCUT2D eigenvalue weighted by Crippen LogP contribution is -2.36. The predicted molar refractivity (Wildman–Crippen MR) is 68.9 cm³/mol. The minimum atomic E-state index is -4.40. The average molecular weight is 286 g/mol. The second-order valence-electron chi connectivity index (χ2n) is 5.01. The van der Waals surface area contributed by atoms with Gasteiger partial charge in [-0.2, -0.15) is 13.2 Å². The van der Waals surface area contributed by atoms with Gasteiger partial charge in [-0.15, -0.1) is 0 Å². The first-order valence-electron chi connectivity index (χ1n) is 6.56. The molecule has 2 atom stereocenters. The fourth-order valence-electron chi connectivity index (χ4n) is 2.48. The van der Waals surface area contributed by atoms with E-state index in [0.29, 0.717) is 6.42 Å². The lowest BCUT2D eigenvalue weighted by molar-refractivity contribution is -0.138. The Morgan fingerprint density at radius 2 is 2.10 bits per heavy atom. The highest BCUT2D eigenvalue weighted by molar-refractivity contribution is 5.79. The monoisotopic (exact) mass is 286 g/mol. The summed E-state index contributed by atoms with van der Waals surface area (Å²) in [6.07, 6.45) is -3.68. The number of hydrogen-bond donors (Lipinski definition) is 2. The summed E-state index contributed by atoms with van der Waals surface area (Å²) in [4.78, 5) is 12.0. The Morgan fingerprint density at radius 3 is 2.70 bits per heavy atom. The summed E-state index contributed by atoms with van der Waals surface area (Å²) in [6, 6.07) is 5.36. The molecular weight excluding hydrogens is 269 g/mol. The maximum Gasteiger partial charge on any atom is 0.416 e. The van der Waals surface area contributed by atoms with Crippen LogP contribution in [0.15, 0.2) is 24.3 Å². The molecule has 2 N–H and O–H groups in total. The predicted octanol–water partition coefficient (Wildman–Crippen LogP) is 2.32. The van der Waals surface area contributed by atoms with E-state index in [2.05, 4.69) is 10.6 Å². The molecule has 0 saturated carbocycles. The summed E-state index contributed by atoms with van der Waals surface area (Å²) < 4.78 is 38.4. The van der Waals surface area contributed by atoms with Crippen LogP contribution in [-0.2, 0) is 17.5 Å². The SMILES string of the molecule is CC1NCCC1C(=O)NCc1ccccc1C(F)(F)F. The Bertz CT molecular complexity index is 488. The van der Waals surface area contributed by atoms with Crippen LogP contribution in [0.4, 0.5) is 13.2 Å². The van der Waals surface area contributed by atoms with Crippen molar-refractivity contribution in [3.05, 3.63) is 35.4 Å². The summed E-state index contributed by atoms with van der Waals surface area (Å²) >= 11 is 0. The van der Waals surface area contributed by atoms with Crippen molar-refractivity contribution >= 4 is 5.91 Å². The highest BCUT2D eigenvalue weighted by atomic mass is 19.4. The zero-order chi connectivity index (χ0) is 14.8. The van der Waals surface area contributed by atoms with E-state index in [4.69, 9.17) is 0 Å². The van der Waals surface area contributed by atoms with Crippen LogP contribution in [0.5, 0.6) is 0 Å². The Labute approximate surface area is 115 Å². The Kier molecular flexibility index (Phi) is 4.32. The number of halogens is 3. The van der Waals surface area contributed by atoms with Crippen LogP contribution in [0.1, 0.15) is 24.5 Å². The summed E-state index contributed by atoms with van der Waals surface area (Å²) in [5, 5.41) is 5.75. The third kappa shape index (κ3) is 3.30. The minimum absolute atomic E-state index is 0.0628. The van der Waals surface area contributed by atoms with Crippen LogP contribution in [0.3, 0.4) is 0 Å². The highest BCUT2D eigenvalue weighted by Gasteiger charge is 2.33. The number of carbonyl (C=O) groups is 1. The molecule has 0 spiro atoms. The van der Waals surface area contributed by atoms with Gasteiger partial charge < -0.3 is 10.6 Å². The van der Waals surface area contributed by atoms with Gasteiger partial charge in [0.05, 0.1) is 11.5 Å². The number of hydrogen-bond acceptors (Lipinski definition) is 2. The van der Waals surface area contributed by atoms with Gasteiger partial charge in [0.15, 0.2) is 0 Å². The molecular formula is C14H17F3N2O. The van der Waals surface area contributed by atoms with E-state index in [1.165, 1.54) is 18.2 Å². The number of benzene rings is 1. The van der Waals surface area contributed by atoms with Crippen LogP contribution in [-0.4, -0.2) is 18.5 Å². The molecule has 3 nitrogen and oxygen atoms in total. The standard InChI is InChI=1S/C14H17F3N2O/c1-9-11(6-7-18-9)13(20)19-8-10-4-2-3-5-12(10)14(15,16)17/h2-5,9,11,18H,6-8H2,1H3,(H,19,20). The first kappa shape index (κ1) is 14.8. The van der Waals surface area contributed by atoms with Crippen molar-refractivity contribution in [2.75, 3.05) is 6.54 Å². The van der Waals surface area contributed by atoms with Crippen molar-refractivity contribution in [3.63, 3.8) is 0 Å². The summed E-state index contributed by atoms with van der Waals surface area (Å²) in [5.74, 6) is -0.368. The molecule has 1 aliphatic rings. The van der Waals surface area contributed by atoms with Gasteiger partial charge in [-0.25, -0.2) is 0 Å².